The SMILES string of the molecule is Cl.NC1(c2noc(Cc3ccc(NS(=O)(=O)c4cccs4)cc3)n2)CCC1. The summed E-state index contributed by atoms with van der Waals surface area (Å²) in [4.78, 5) is 4.40. The van der Waals surface area contributed by atoms with Gasteiger partial charge in [0.2, 0.25) is 5.89 Å². The molecule has 27 heavy (non-hydrogen) atoms. The van der Waals surface area contributed by atoms with Gasteiger partial charge in [0.1, 0.15) is 4.21 Å². The molecule has 7 nitrogen and oxygen atoms in total. The van der Waals surface area contributed by atoms with Gasteiger partial charge in [-0.2, -0.15) is 4.98 Å². The highest BCUT2D eigenvalue weighted by Crippen LogP contribution is 2.37. The van der Waals surface area contributed by atoms with Crippen LogP contribution in [0.2, 0.25) is 0 Å². The number of halogens is 1. The Morgan fingerprint density at radius 2 is 1.96 bits per heavy atom. The Hall–Kier alpha value is -1.94. The van der Waals surface area contributed by atoms with Crippen molar-refractivity contribution < 1.29 is 12.9 Å². The third-order valence-electron chi connectivity index (χ3n) is 4.48. The number of aromatic nitrogens is 2. The first-order valence-corrected chi connectivity index (χ1v) is 10.6. The number of sulfonamides is 1. The summed E-state index contributed by atoms with van der Waals surface area (Å²) in [6.07, 6.45) is 3.32. The second-order valence-electron chi connectivity index (χ2n) is 6.43. The van der Waals surface area contributed by atoms with E-state index in [0.717, 1.165) is 24.8 Å². The molecule has 2 heterocycles. The summed E-state index contributed by atoms with van der Waals surface area (Å²) in [5, 5.41) is 5.73. The second kappa shape index (κ2) is 7.59. The first kappa shape index (κ1) is 19.8. The van der Waals surface area contributed by atoms with Crippen LogP contribution in [-0.4, -0.2) is 18.6 Å². The van der Waals surface area contributed by atoms with E-state index in [1.165, 1.54) is 11.3 Å². The zero-order valence-electron chi connectivity index (χ0n) is 14.3. The Kier molecular flexibility index (Phi) is 5.57. The predicted octanol–water partition coefficient (Wildman–Crippen LogP) is 3.28. The fourth-order valence-electron chi connectivity index (χ4n) is 2.80. The summed E-state index contributed by atoms with van der Waals surface area (Å²) >= 11 is 1.18. The van der Waals surface area contributed by atoms with Gasteiger partial charge < -0.3 is 10.3 Å². The molecule has 0 unspecified atom stereocenters. The minimum Gasteiger partial charge on any atom is -0.339 e. The van der Waals surface area contributed by atoms with Gasteiger partial charge in [0.25, 0.3) is 10.0 Å². The highest BCUT2D eigenvalue weighted by molar-refractivity contribution is 7.94. The molecule has 144 valence electrons. The van der Waals surface area contributed by atoms with Crippen LogP contribution in [0, 0.1) is 0 Å². The summed E-state index contributed by atoms with van der Waals surface area (Å²) < 4.78 is 32.6. The lowest BCUT2D eigenvalue weighted by Gasteiger charge is -2.34. The monoisotopic (exact) mass is 426 g/mol. The van der Waals surface area contributed by atoms with Gasteiger partial charge in [-0.3, -0.25) is 4.72 Å². The molecule has 3 aromatic rings. The normalized spacial score (nSPS) is 15.6. The third-order valence-corrected chi connectivity index (χ3v) is 7.26. The van der Waals surface area contributed by atoms with Gasteiger partial charge in [-0.25, -0.2) is 8.42 Å². The number of hydrogen-bond donors (Lipinski definition) is 2. The predicted molar refractivity (Wildman–Crippen MR) is 106 cm³/mol. The molecule has 1 saturated carbocycles. The van der Waals surface area contributed by atoms with Gasteiger partial charge in [0, 0.05) is 5.69 Å². The first-order valence-electron chi connectivity index (χ1n) is 8.22. The van der Waals surface area contributed by atoms with Gasteiger partial charge in [-0.1, -0.05) is 23.4 Å². The maximum absolute atomic E-state index is 12.2. The summed E-state index contributed by atoms with van der Waals surface area (Å²) in [5.41, 5.74) is 7.21. The molecule has 0 atom stereocenters. The fourth-order valence-corrected chi connectivity index (χ4v) is 4.85. The van der Waals surface area contributed by atoms with Crippen molar-refractivity contribution in [1.29, 1.82) is 0 Å². The molecule has 2 aromatic heterocycles. The smallest absolute Gasteiger partial charge is 0.271 e. The summed E-state index contributed by atoms with van der Waals surface area (Å²) in [6, 6.07) is 10.4. The maximum atomic E-state index is 12.2. The molecule has 10 heteroatoms. The molecule has 1 fully saturated rings. The van der Waals surface area contributed by atoms with Crippen LogP contribution in [0.4, 0.5) is 5.69 Å². The average Bonchev–Trinajstić information content (AvgIpc) is 3.26. The second-order valence-corrected chi connectivity index (χ2v) is 9.29. The molecule has 1 aromatic carbocycles. The topological polar surface area (TPSA) is 111 Å². The number of rotatable bonds is 6. The average molecular weight is 427 g/mol. The highest BCUT2D eigenvalue weighted by atomic mass is 35.5. The molecule has 1 aliphatic rings. The first-order chi connectivity index (χ1) is 12.4. The number of hydrogen-bond acceptors (Lipinski definition) is 7. The van der Waals surface area contributed by atoms with Crippen LogP contribution in [0.3, 0.4) is 0 Å². The van der Waals surface area contributed by atoms with Gasteiger partial charge >= 0.3 is 0 Å². The van der Waals surface area contributed by atoms with E-state index in [-0.39, 0.29) is 16.6 Å². The number of nitrogens with one attached hydrogen (secondary N) is 1. The van der Waals surface area contributed by atoms with Gasteiger partial charge in [0.05, 0.1) is 12.0 Å². The lowest BCUT2D eigenvalue weighted by molar-refractivity contribution is 0.229. The van der Waals surface area contributed by atoms with E-state index in [1.54, 1.807) is 29.6 Å². The number of thiophene rings is 1. The van der Waals surface area contributed by atoms with Crippen molar-refractivity contribution in [1.82, 2.24) is 10.1 Å². The van der Waals surface area contributed by atoms with Crippen LogP contribution < -0.4 is 10.5 Å². The van der Waals surface area contributed by atoms with Crippen molar-refractivity contribution in [3.63, 3.8) is 0 Å². The molecule has 0 saturated heterocycles. The van der Waals surface area contributed by atoms with E-state index >= 15 is 0 Å². The van der Waals surface area contributed by atoms with E-state index in [0.29, 0.717) is 23.8 Å². The summed E-state index contributed by atoms with van der Waals surface area (Å²) in [6.45, 7) is 0. The zero-order chi connectivity index (χ0) is 18.2. The van der Waals surface area contributed by atoms with Crippen molar-refractivity contribution in [2.75, 3.05) is 4.72 Å². The van der Waals surface area contributed by atoms with Crippen molar-refractivity contribution >= 4 is 39.5 Å². The molecular formula is C17H19ClN4O3S2. The summed E-state index contributed by atoms with van der Waals surface area (Å²) in [7, 11) is -3.54. The maximum Gasteiger partial charge on any atom is 0.271 e. The van der Waals surface area contributed by atoms with Crippen molar-refractivity contribution in [2.24, 2.45) is 5.73 Å². The van der Waals surface area contributed by atoms with Crippen LogP contribution in [0.15, 0.2) is 50.5 Å². The minimum atomic E-state index is -3.54. The number of anilines is 1. The van der Waals surface area contributed by atoms with Crippen molar-refractivity contribution in [3.8, 4) is 0 Å². The molecule has 1 aliphatic carbocycles. The fraction of sp³-hybridized carbons (Fsp3) is 0.294. The van der Waals surface area contributed by atoms with E-state index in [1.807, 2.05) is 12.1 Å². The molecule has 4 rings (SSSR count). The standard InChI is InChI=1S/C17H18N4O3S2.ClH/c18-17(8-2-9-17)16-19-14(24-20-16)11-12-4-6-13(7-5-12)21-26(22,23)15-3-1-10-25-15;/h1,3-7,10,21H,2,8-9,11,18H2;1H. The molecule has 3 N–H and O–H groups in total. The van der Waals surface area contributed by atoms with Crippen molar-refractivity contribution in [3.05, 3.63) is 59.1 Å². The van der Waals surface area contributed by atoms with Crippen LogP contribution >= 0.6 is 23.7 Å². The van der Waals surface area contributed by atoms with E-state index in [4.69, 9.17) is 10.3 Å². The Balaban J connectivity index is 0.00000210. The Morgan fingerprint density at radius 3 is 2.56 bits per heavy atom. The Labute approximate surface area is 167 Å². The van der Waals surface area contributed by atoms with Crippen LogP contribution in [0.25, 0.3) is 0 Å². The Bertz CT molecular complexity index is 997. The number of nitrogens with two attached hydrogens (primary N) is 1. The minimum absolute atomic E-state index is 0. The van der Waals surface area contributed by atoms with Crippen LogP contribution in [0.5, 0.6) is 0 Å². The molecule has 0 amide bonds. The van der Waals surface area contributed by atoms with E-state index in [9.17, 15) is 8.42 Å². The van der Waals surface area contributed by atoms with Crippen LogP contribution in [0.1, 0.15) is 36.5 Å². The van der Waals surface area contributed by atoms with Crippen molar-refractivity contribution in [2.45, 2.75) is 35.4 Å². The van der Waals surface area contributed by atoms with E-state index in [2.05, 4.69) is 14.9 Å². The molecule has 0 bridgehead atoms. The largest absolute Gasteiger partial charge is 0.339 e. The summed E-state index contributed by atoms with van der Waals surface area (Å²) in [5.74, 6) is 1.07. The Morgan fingerprint density at radius 1 is 1.22 bits per heavy atom. The zero-order valence-corrected chi connectivity index (χ0v) is 16.7. The van der Waals surface area contributed by atoms with Gasteiger partial charge in [0.15, 0.2) is 5.82 Å². The molecule has 0 spiro atoms. The molecule has 0 radical (unpaired) electrons. The quantitative estimate of drug-likeness (QED) is 0.625. The van der Waals surface area contributed by atoms with E-state index < -0.39 is 15.6 Å². The van der Waals surface area contributed by atoms with Gasteiger partial charge in [-0.05, 0) is 48.4 Å². The lowest BCUT2D eigenvalue weighted by Crippen LogP contribution is -2.44. The third kappa shape index (κ3) is 4.16. The number of benzene rings is 1. The van der Waals surface area contributed by atoms with Crippen LogP contribution in [-0.2, 0) is 22.0 Å². The molecule has 0 aliphatic heterocycles. The number of nitrogens with zero attached hydrogens (tertiary/aromatic N) is 2. The molecular weight excluding hydrogens is 408 g/mol. The lowest BCUT2D eigenvalue weighted by atomic mass is 9.77. The van der Waals surface area contributed by atoms with Gasteiger partial charge in [-0.15, -0.1) is 23.7 Å². The highest BCUT2D eigenvalue weighted by Gasteiger charge is 2.38.